The molecule has 70 valence electrons. The van der Waals surface area contributed by atoms with Gasteiger partial charge in [-0.05, 0) is 0 Å². The topological polar surface area (TPSA) is 81.6 Å². The van der Waals surface area contributed by atoms with Gasteiger partial charge in [-0.25, -0.2) is 0 Å². The molecular weight excluding hydrogens is 160 g/mol. The largest absolute Gasteiger partial charge is 0.394 e. The Kier molecular flexibility index (Phi) is 3.46. The van der Waals surface area contributed by atoms with E-state index >= 15 is 0 Å². The zero-order valence-electron chi connectivity index (χ0n) is 6.79. The van der Waals surface area contributed by atoms with Gasteiger partial charge in [-0.1, -0.05) is 0 Å². The molecule has 0 saturated carbocycles. The predicted octanol–water partition coefficient (Wildman–Crippen LogP) is -2.18. The van der Waals surface area contributed by atoms with Crippen LogP contribution in [-0.4, -0.2) is 48.0 Å². The summed E-state index contributed by atoms with van der Waals surface area (Å²) in [6.07, 6.45) is -0.279. The Balaban J connectivity index is 2.11. The lowest BCUT2D eigenvalue weighted by atomic mass is 10.2. The van der Waals surface area contributed by atoms with E-state index in [1.165, 1.54) is 0 Å². The van der Waals surface area contributed by atoms with Crippen LogP contribution >= 0.6 is 0 Å². The summed E-state index contributed by atoms with van der Waals surface area (Å²) in [4.78, 5) is 10.7. The quantitative estimate of drug-likeness (QED) is 0.390. The molecule has 1 amide bonds. The van der Waals surface area contributed by atoms with E-state index in [9.17, 15) is 4.79 Å². The molecule has 0 bridgehead atoms. The van der Waals surface area contributed by atoms with Crippen molar-refractivity contribution in [1.29, 1.82) is 0 Å². The van der Waals surface area contributed by atoms with Gasteiger partial charge in [0.15, 0.2) is 0 Å². The van der Waals surface area contributed by atoms with Crippen LogP contribution in [0.5, 0.6) is 0 Å². The van der Waals surface area contributed by atoms with Crippen molar-refractivity contribution in [3.8, 4) is 0 Å². The Morgan fingerprint density at radius 2 is 2.50 bits per heavy atom. The molecule has 1 fully saturated rings. The first-order chi connectivity index (χ1) is 5.72. The van der Waals surface area contributed by atoms with Gasteiger partial charge in [0.25, 0.3) is 0 Å². The average Bonchev–Trinajstić information content (AvgIpc) is 2.47. The van der Waals surface area contributed by atoms with Crippen LogP contribution in [0.4, 0.5) is 0 Å². The Hall–Kier alpha value is -0.650. The number of hydrogen-bond acceptors (Lipinski definition) is 4. The highest BCUT2D eigenvalue weighted by Gasteiger charge is 2.20. The molecule has 0 radical (unpaired) electrons. The van der Waals surface area contributed by atoms with Crippen LogP contribution in [0.15, 0.2) is 0 Å². The summed E-state index contributed by atoms with van der Waals surface area (Å²) in [7, 11) is 0. The highest BCUT2D eigenvalue weighted by atomic mass is 16.3. The van der Waals surface area contributed by atoms with Gasteiger partial charge in [-0.3, -0.25) is 4.79 Å². The average molecular weight is 174 g/mol. The van der Waals surface area contributed by atoms with E-state index in [1.54, 1.807) is 0 Å². The second-order valence-electron chi connectivity index (χ2n) is 2.95. The molecule has 1 rings (SSSR count). The van der Waals surface area contributed by atoms with Gasteiger partial charge in [0, 0.05) is 25.6 Å². The molecule has 0 aromatic heterocycles. The van der Waals surface area contributed by atoms with Gasteiger partial charge >= 0.3 is 0 Å². The summed E-state index contributed by atoms with van der Waals surface area (Å²) in [5.41, 5.74) is 0. The number of aliphatic hydroxyl groups excluding tert-OH is 2. The molecule has 0 aromatic rings. The van der Waals surface area contributed by atoms with E-state index in [1.807, 2.05) is 0 Å². The maximum Gasteiger partial charge on any atom is 0.221 e. The standard InChI is InChI=1S/C7H14N2O3/c10-4-6(11)3-8-5-1-7(12)9-2-5/h5-6,8,10-11H,1-4H2,(H,9,12). The Morgan fingerprint density at radius 3 is 3.00 bits per heavy atom. The van der Waals surface area contributed by atoms with Gasteiger partial charge in [-0.2, -0.15) is 0 Å². The Bertz CT molecular complexity index is 163. The smallest absolute Gasteiger partial charge is 0.221 e. The molecule has 1 aliphatic rings. The molecule has 1 saturated heterocycles. The molecule has 2 unspecified atom stereocenters. The van der Waals surface area contributed by atoms with Gasteiger partial charge in [0.2, 0.25) is 5.91 Å². The summed E-state index contributed by atoms with van der Waals surface area (Å²) < 4.78 is 0. The van der Waals surface area contributed by atoms with Gasteiger partial charge in [0.05, 0.1) is 12.7 Å². The minimum atomic E-state index is -0.735. The Morgan fingerprint density at radius 1 is 1.75 bits per heavy atom. The van der Waals surface area contributed by atoms with Crippen LogP contribution in [0, 0.1) is 0 Å². The van der Waals surface area contributed by atoms with Crippen molar-refractivity contribution in [2.45, 2.75) is 18.6 Å². The number of hydrogen-bond donors (Lipinski definition) is 4. The predicted molar refractivity (Wildman–Crippen MR) is 42.5 cm³/mol. The second-order valence-corrected chi connectivity index (χ2v) is 2.95. The van der Waals surface area contributed by atoms with E-state index in [0.29, 0.717) is 19.5 Å². The molecule has 4 N–H and O–H groups in total. The third kappa shape index (κ3) is 2.77. The van der Waals surface area contributed by atoms with E-state index in [4.69, 9.17) is 10.2 Å². The number of nitrogens with one attached hydrogen (secondary N) is 2. The van der Waals surface area contributed by atoms with Crippen LogP contribution in [0.3, 0.4) is 0 Å². The number of amides is 1. The van der Waals surface area contributed by atoms with Crippen LogP contribution < -0.4 is 10.6 Å². The maximum absolute atomic E-state index is 10.7. The monoisotopic (exact) mass is 174 g/mol. The van der Waals surface area contributed by atoms with Crippen molar-refractivity contribution in [2.24, 2.45) is 0 Å². The molecule has 2 atom stereocenters. The molecule has 0 aliphatic carbocycles. The van der Waals surface area contributed by atoms with Crippen molar-refractivity contribution in [3.63, 3.8) is 0 Å². The lowest BCUT2D eigenvalue weighted by Gasteiger charge is -2.12. The lowest BCUT2D eigenvalue weighted by Crippen LogP contribution is -2.38. The third-order valence-electron chi connectivity index (χ3n) is 1.83. The van der Waals surface area contributed by atoms with Crippen molar-refractivity contribution < 1.29 is 15.0 Å². The minimum absolute atomic E-state index is 0.0333. The number of carbonyl (C=O) groups is 1. The fourth-order valence-electron chi connectivity index (χ4n) is 1.12. The SMILES string of the molecule is O=C1CC(NCC(O)CO)CN1. The van der Waals surface area contributed by atoms with Crippen molar-refractivity contribution in [1.82, 2.24) is 10.6 Å². The molecule has 12 heavy (non-hydrogen) atoms. The molecular formula is C7H14N2O3. The highest BCUT2D eigenvalue weighted by Crippen LogP contribution is 1.98. The zero-order valence-corrected chi connectivity index (χ0v) is 6.79. The summed E-state index contributed by atoms with van der Waals surface area (Å²) >= 11 is 0. The van der Waals surface area contributed by atoms with Crippen LogP contribution in [-0.2, 0) is 4.79 Å². The van der Waals surface area contributed by atoms with Gasteiger partial charge in [-0.15, -0.1) is 0 Å². The van der Waals surface area contributed by atoms with Gasteiger partial charge in [0.1, 0.15) is 0 Å². The number of aliphatic hydroxyl groups is 2. The van der Waals surface area contributed by atoms with E-state index in [2.05, 4.69) is 10.6 Å². The fraction of sp³-hybridized carbons (Fsp3) is 0.857. The molecule has 0 aromatic carbocycles. The highest BCUT2D eigenvalue weighted by molar-refractivity contribution is 5.78. The summed E-state index contributed by atoms with van der Waals surface area (Å²) in [6.45, 7) is 0.689. The summed E-state index contributed by atoms with van der Waals surface area (Å²) in [5.74, 6) is 0.0333. The molecule has 1 heterocycles. The molecule has 1 aliphatic heterocycles. The zero-order chi connectivity index (χ0) is 8.97. The summed E-state index contributed by atoms with van der Waals surface area (Å²) in [6, 6.07) is 0.0960. The normalized spacial score (nSPS) is 25.5. The molecule has 0 spiro atoms. The number of carbonyl (C=O) groups excluding carboxylic acids is 1. The first-order valence-electron chi connectivity index (χ1n) is 4.01. The first kappa shape index (κ1) is 9.44. The van der Waals surface area contributed by atoms with Crippen LogP contribution in [0.1, 0.15) is 6.42 Å². The van der Waals surface area contributed by atoms with E-state index in [-0.39, 0.29) is 18.6 Å². The van der Waals surface area contributed by atoms with Crippen LogP contribution in [0.25, 0.3) is 0 Å². The minimum Gasteiger partial charge on any atom is -0.394 e. The fourth-order valence-corrected chi connectivity index (χ4v) is 1.12. The third-order valence-corrected chi connectivity index (χ3v) is 1.83. The van der Waals surface area contributed by atoms with Crippen molar-refractivity contribution in [2.75, 3.05) is 19.7 Å². The lowest BCUT2D eigenvalue weighted by molar-refractivity contribution is -0.119. The van der Waals surface area contributed by atoms with Crippen molar-refractivity contribution in [3.05, 3.63) is 0 Å². The maximum atomic E-state index is 10.7. The molecule has 5 nitrogen and oxygen atoms in total. The van der Waals surface area contributed by atoms with Crippen LogP contribution in [0.2, 0.25) is 0 Å². The number of rotatable bonds is 4. The first-order valence-corrected chi connectivity index (χ1v) is 4.01. The summed E-state index contributed by atoms with van der Waals surface area (Å²) in [5, 5.41) is 23.1. The second kappa shape index (κ2) is 4.39. The molecule has 5 heteroatoms. The van der Waals surface area contributed by atoms with Gasteiger partial charge < -0.3 is 20.8 Å². The Labute approximate surface area is 70.8 Å². The van der Waals surface area contributed by atoms with Crippen molar-refractivity contribution >= 4 is 5.91 Å². The van der Waals surface area contributed by atoms with E-state index in [0.717, 1.165) is 0 Å². The van der Waals surface area contributed by atoms with E-state index < -0.39 is 6.10 Å².